The molecule has 1 heterocycles. The van der Waals surface area contributed by atoms with E-state index in [-0.39, 0.29) is 0 Å². The number of nitrogens with two attached hydrogens (primary N) is 1. The lowest BCUT2D eigenvalue weighted by Gasteiger charge is -2.01. The Morgan fingerprint density at radius 3 is 2.92 bits per heavy atom. The van der Waals surface area contributed by atoms with Crippen LogP contribution in [0.1, 0.15) is 31.9 Å². The van der Waals surface area contributed by atoms with E-state index in [1.54, 1.807) is 10.7 Å². The zero-order chi connectivity index (χ0) is 9.68. The maximum absolute atomic E-state index is 8.57. The number of nitrogens with zero attached hydrogens (tertiary/aromatic N) is 3. The van der Waals surface area contributed by atoms with Crippen LogP contribution in [0.3, 0.4) is 0 Å². The van der Waals surface area contributed by atoms with Gasteiger partial charge in [-0.25, -0.2) is 4.68 Å². The van der Waals surface area contributed by atoms with Crippen LogP contribution in [0.2, 0.25) is 0 Å². The molecule has 0 aliphatic carbocycles. The Bertz CT molecular complexity index is 308. The van der Waals surface area contributed by atoms with Crippen molar-refractivity contribution in [2.75, 3.05) is 5.73 Å². The number of rotatable bonds is 4. The summed E-state index contributed by atoms with van der Waals surface area (Å²) in [4.78, 5) is 0. The highest BCUT2D eigenvalue weighted by Gasteiger charge is 2.02. The molecular formula is C9H14N4. The standard InChI is InChI=1S/C9H14N4/c1-2-3-4-5-13-9(11)6-8(7-10)12-13/h6H,2-5,11H2,1H3. The van der Waals surface area contributed by atoms with Gasteiger partial charge in [0, 0.05) is 12.6 Å². The summed E-state index contributed by atoms with van der Waals surface area (Å²) in [6.45, 7) is 2.95. The minimum atomic E-state index is 0.397. The molecule has 4 heteroatoms. The van der Waals surface area contributed by atoms with E-state index in [2.05, 4.69) is 12.0 Å². The van der Waals surface area contributed by atoms with Gasteiger partial charge in [-0.1, -0.05) is 19.8 Å². The van der Waals surface area contributed by atoms with Gasteiger partial charge >= 0.3 is 0 Å². The van der Waals surface area contributed by atoms with E-state index in [0.29, 0.717) is 11.5 Å². The molecule has 0 aromatic carbocycles. The molecule has 0 amide bonds. The quantitative estimate of drug-likeness (QED) is 0.711. The molecule has 0 spiro atoms. The number of aromatic nitrogens is 2. The van der Waals surface area contributed by atoms with E-state index in [1.165, 1.54) is 12.8 Å². The van der Waals surface area contributed by atoms with Crippen molar-refractivity contribution in [1.82, 2.24) is 9.78 Å². The third-order valence-electron chi connectivity index (χ3n) is 1.90. The van der Waals surface area contributed by atoms with Crippen LogP contribution >= 0.6 is 0 Å². The molecule has 0 aliphatic rings. The normalized spacial score (nSPS) is 9.85. The van der Waals surface area contributed by atoms with Crippen molar-refractivity contribution in [3.05, 3.63) is 11.8 Å². The molecule has 0 aliphatic heterocycles. The maximum Gasteiger partial charge on any atom is 0.164 e. The van der Waals surface area contributed by atoms with Crippen LogP contribution in [0.25, 0.3) is 0 Å². The van der Waals surface area contributed by atoms with Gasteiger partial charge < -0.3 is 5.73 Å². The zero-order valence-electron chi connectivity index (χ0n) is 7.82. The predicted molar refractivity (Wildman–Crippen MR) is 50.9 cm³/mol. The highest BCUT2D eigenvalue weighted by molar-refractivity contribution is 5.36. The van der Waals surface area contributed by atoms with Crippen molar-refractivity contribution in [3.63, 3.8) is 0 Å². The van der Waals surface area contributed by atoms with Crippen molar-refractivity contribution in [2.45, 2.75) is 32.7 Å². The average molecular weight is 178 g/mol. The van der Waals surface area contributed by atoms with Crippen LogP contribution in [-0.2, 0) is 6.54 Å². The summed E-state index contributed by atoms with van der Waals surface area (Å²) in [6.07, 6.45) is 3.40. The second-order valence-electron chi connectivity index (χ2n) is 3.00. The zero-order valence-corrected chi connectivity index (χ0v) is 7.82. The van der Waals surface area contributed by atoms with Crippen LogP contribution in [0.15, 0.2) is 6.07 Å². The van der Waals surface area contributed by atoms with Crippen molar-refractivity contribution in [2.24, 2.45) is 0 Å². The van der Waals surface area contributed by atoms with E-state index < -0.39 is 0 Å². The lowest BCUT2D eigenvalue weighted by molar-refractivity contribution is 0.558. The van der Waals surface area contributed by atoms with Gasteiger partial charge in [0.2, 0.25) is 0 Å². The molecular weight excluding hydrogens is 164 g/mol. The highest BCUT2D eigenvalue weighted by atomic mass is 15.3. The Morgan fingerprint density at radius 2 is 2.38 bits per heavy atom. The van der Waals surface area contributed by atoms with E-state index in [0.717, 1.165) is 13.0 Å². The van der Waals surface area contributed by atoms with Gasteiger partial charge in [-0.2, -0.15) is 10.4 Å². The molecule has 0 saturated heterocycles. The van der Waals surface area contributed by atoms with Crippen molar-refractivity contribution in [3.8, 4) is 6.07 Å². The van der Waals surface area contributed by atoms with Crippen LogP contribution in [0.5, 0.6) is 0 Å². The minimum absolute atomic E-state index is 0.397. The Labute approximate surface area is 78.0 Å². The summed E-state index contributed by atoms with van der Waals surface area (Å²) in [7, 11) is 0. The van der Waals surface area contributed by atoms with Gasteiger partial charge in [0.1, 0.15) is 11.9 Å². The number of aryl methyl sites for hydroxylation is 1. The van der Waals surface area contributed by atoms with Gasteiger partial charge in [0.15, 0.2) is 5.69 Å². The fourth-order valence-corrected chi connectivity index (χ4v) is 1.18. The van der Waals surface area contributed by atoms with Gasteiger partial charge in [-0.15, -0.1) is 0 Å². The molecule has 4 nitrogen and oxygen atoms in total. The Hall–Kier alpha value is -1.50. The topological polar surface area (TPSA) is 67.6 Å². The summed E-state index contributed by atoms with van der Waals surface area (Å²) >= 11 is 0. The van der Waals surface area contributed by atoms with Gasteiger partial charge in [-0.3, -0.25) is 0 Å². The van der Waals surface area contributed by atoms with E-state index in [1.807, 2.05) is 6.07 Å². The third kappa shape index (κ3) is 2.48. The average Bonchev–Trinajstić information content (AvgIpc) is 2.48. The lowest BCUT2D eigenvalue weighted by atomic mass is 10.2. The second-order valence-corrected chi connectivity index (χ2v) is 3.00. The molecule has 1 aromatic heterocycles. The molecule has 13 heavy (non-hydrogen) atoms. The first kappa shape index (κ1) is 9.59. The van der Waals surface area contributed by atoms with E-state index in [4.69, 9.17) is 11.0 Å². The first-order valence-electron chi connectivity index (χ1n) is 4.51. The smallest absolute Gasteiger partial charge is 0.164 e. The number of unbranched alkanes of at least 4 members (excludes halogenated alkanes) is 2. The Morgan fingerprint density at radius 1 is 1.62 bits per heavy atom. The summed E-state index contributed by atoms with van der Waals surface area (Å²) in [5.74, 6) is 0.577. The molecule has 70 valence electrons. The first-order chi connectivity index (χ1) is 6.27. The summed E-state index contributed by atoms with van der Waals surface area (Å²) in [6, 6.07) is 3.57. The fraction of sp³-hybridized carbons (Fsp3) is 0.556. The monoisotopic (exact) mass is 178 g/mol. The number of nitrogen functional groups attached to an aromatic ring is 1. The summed E-state index contributed by atoms with van der Waals surface area (Å²) < 4.78 is 1.69. The van der Waals surface area contributed by atoms with E-state index >= 15 is 0 Å². The van der Waals surface area contributed by atoms with Crippen molar-refractivity contribution < 1.29 is 0 Å². The molecule has 0 radical (unpaired) electrons. The molecule has 0 saturated carbocycles. The lowest BCUT2D eigenvalue weighted by Crippen LogP contribution is -2.04. The maximum atomic E-state index is 8.57. The number of anilines is 1. The molecule has 1 rings (SSSR count). The van der Waals surface area contributed by atoms with Crippen LogP contribution < -0.4 is 5.73 Å². The largest absolute Gasteiger partial charge is 0.384 e. The fourth-order valence-electron chi connectivity index (χ4n) is 1.18. The number of hydrogen-bond donors (Lipinski definition) is 1. The van der Waals surface area contributed by atoms with E-state index in [9.17, 15) is 0 Å². The number of nitriles is 1. The summed E-state index contributed by atoms with van der Waals surface area (Å²) in [5.41, 5.74) is 6.05. The first-order valence-corrected chi connectivity index (χ1v) is 4.51. The third-order valence-corrected chi connectivity index (χ3v) is 1.90. The molecule has 0 fully saturated rings. The Kier molecular flexibility index (Phi) is 3.32. The Balaban J connectivity index is 2.56. The van der Waals surface area contributed by atoms with Crippen molar-refractivity contribution in [1.29, 1.82) is 5.26 Å². The van der Waals surface area contributed by atoms with Gasteiger partial charge in [0.25, 0.3) is 0 Å². The molecule has 2 N–H and O–H groups in total. The predicted octanol–water partition coefficient (Wildman–Crippen LogP) is 1.53. The second kappa shape index (κ2) is 4.51. The molecule has 0 bridgehead atoms. The van der Waals surface area contributed by atoms with Crippen LogP contribution in [0.4, 0.5) is 5.82 Å². The molecule has 0 unspecified atom stereocenters. The van der Waals surface area contributed by atoms with Crippen molar-refractivity contribution >= 4 is 5.82 Å². The van der Waals surface area contributed by atoms with Gasteiger partial charge in [-0.05, 0) is 6.42 Å². The highest BCUT2D eigenvalue weighted by Crippen LogP contribution is 2.07. The van der Waals surface area contributed by atoms with Crippen LogP contribution in [0, 0.1) is 11.3 Å². The van der Waals surface area contributed by atoms with Crippen LogP contribution in [-0.4, -0.2) is 9.78 Å². The molecule has 1 aromatic rings. The number of hydrogen-bond acceptors (Lipinski definition) is 3. The SMILES string of the molecule is CCCCCn1nc(C#N)cc1N. The molecule has 0 atom stereocenters. The summed E-state index contributed by atoms with van der Waals surface area (Å²) in [5, 5.41) is 12.6. The van der Waals surface area contributed by atoms with Gasteiger partial charge in [0.05, 0.1) is 0 Å². The minimum Gasteiger partial charge on any atom is -0.384 e.